The van der Waals surface area contributed by atoms with E-state index < -0.39 is 21.8 Å². The largest absolute Gasteiger partial charge is 0.480 e. The topological polar surface area (TPSA) is 97.5 Å². The van der Waals surface area contributed by atoms with Crippen molar-refractivity contribution in [2.45, 2.75) is 17.4 Å². The molecule has 0 heterocycles. The molecule has 1 aromatic rings. The average Bonchev–Trinajstić information content (AvgIpc) is 2.15. The van der Waals surface area contributed by atoms with Crippen LogP contribution in [-0.2, 0) is 21.1 Å². The van der Waals surface area contributed by atoms with Crippen LogP contribution in [0.2, 0.25) is 5.02 Å². The molecule has 1 rings (SSSR count). The van der Waals surface area contributed by atoms with Crippen LogP contribution in [0.3, 0.4) is 0 Å². The number of aliphatic carboxylic acids is 1. The van der Waals surface area contributed by atoms with Gasteiger partial charge in [0, 0.05) is 11.3 Å². The van der Waals surface area contributed by atoms with E-state index in [4.69, 9.17) is 22.4 Å². The molecule has 0 fully saturated rings. The molecule has 0 aliphatic heterocycles. The van der Waals surface area contributed by atoms with Crippen LogP contribution in [0.5, 0.6) is 0 Å². The van der Waals surface area contributed by atoms with Crippen molar-refractivity contribution in [3.8, 4) is 0 Å². The Morgan fingerprint density at radius 1 is 1.47 bits per heavy atom. The van der Waals surface area contributed by atoms with Crippen molar-refractivity contribution in [3.05, 3.63) is 28.8 Å². The first kappa shape index (κ1) is 14.0. The van der Waals surface area contributed by atoms with Crippen LogP contribution >= 0.6 is 11.6 Å². The van der Waals surface area contributed by atoms with Gasteiger partial charge in [-0.3, -0.25) is 4.79 Å². The van der Waals surface area contributed by atoms with Gasteiger partial charge in [0.25, 0.3) is 0 Å². The second-order valence-electron chi connectivity index (χ2n) is 3.72. The van der Waals surface area contributed by atoms with Crippen LogP contribution < -0.4 is 5.73 Å². The Morgan fingerprint density at radius 3 is 2.53 bits per heavy atom. The van der Waals surface area contributed by atoms with Crippen LogP contribution in [0, 0.1) is 0 Å². The fraction of sp³-hybridized carbons (Fsp3) is 0.300. The van der Waals surface area contributed by atoms with Crippen LogP contribution in [0.15, 0.2) is 23.1 Å². The maximum atomic E-state index is 11.4. The number of hydrogen-bond acceptors (Lipinski definition) is 4. The number of sulfone groups is 1. The third-order valence-electron chi connectivity index (χ3n) is 2.13. The summed E-state index contributed by atoms with van der Waals surface area (Å²) in [5.41, 5.74) is 5.85. The van der Waals surface area contributed by atoms with E-state index in [2.05, 4.69) is 0 Å². The minimum Gasteiger partial charge on any atom is -0.480 e. The Bertz CT molecular complexity index is 541. The molecule has 0 radical (unpaired) electrons. The summed E-state index contributed by atoms with van der Waals surface area (Å²) >= 11 is 5.77. The lowest BCUT2D eigenvalue weighted by molar-refractivity contribution is -0.138. The zero-order chi connectivity index (χ0) is 13.2. The Balaban J connectivity index is 3.11. The molecule has 0 saturated heterocycles. The maximum absolute atomic E-state index is 11.4. The van der Waals surface area contributed by atoms with Gasteiger partial charge in [-0.05, 0) is 30.2 Å². The Morgan fingerprint density at radius 2 is 2.06 bits per heavy atom. The number of benzene rings is 1. The number of carboxylic acid groups (broad SMARTS) is 1. The molecular weight excluding hydrogens is 266 g/mol. The van der Waals surface area contributed by atoms with Crippen molar-refractivity contribution >= 4 is 27.4 Å². The van der Waals surface area contributed by atoms with E-state index in [1.54, 1.807) is 0 Å². The van der Waals surface area contributed by atoms with Crippen LogP contribution in [0.4, 0.5) is 0 Å². The van der Waals surface area contributed by atoms with Crippen molar-refractivity contribution in [1.29, 1.82) is 0 Å². The lowest BCUT2D eigenvalue weighted by atomic mass is 10.1. The summed E-state index contributed by atoms with van der Waals surface area (Å²) in [7, 11) is -3.38. The lowest BCUT2D eigenvalue weighted by Gasteiger charge is -2.08. The highest BCUT2D eigenvalue weighted by Crippen LogP contribution is 2.19. The van der Waals surface area contributed by atoms with Gasteiger partial charge in [0.2, 0.25) is 0 Å². The molecule has 5 nitrogen and oxygen atoms in total. The summed E-state index contributed by atoms with van der Waals surface area (Å²) in [6, 6.07) is 3.11. The Labute approximate surface area is 104 Å². The van der Waals surface area contributed by atoms with Gasteiger partial charge >= 0.3 is 5.97 Å². The number of halogens is 1. The van der Waals surface area contributed by atoms with Crippen molar-refractivity contribution in [2.24, 2.45) is 5.73 Å². The number of nitrogens with two attached hydrogens (primary N) is 1. The fourth-order valence-electron chi connectivity index (χ4n) is 1.29. The quantitative estimate of drug-likeness (QED) is 0.844. The van der Waals surface area contributed by atoms with Crippen molar-refractivity contribution < 1.29 is 18.3 Å². The summed E-state index contributed by atoms with van der Waals surface area (Å²) in [5, 5.41) is 8.90. The predicted molar refractivity (Wildman–Crippen MR) is 63.9 cm³/mol. The van der Waals surface area contributed by atoms with Crippen molar-refractivity contribution in [1.82, 2.24) is 0 Å². The minimum atomic E-state index is -3.38. The molecule has 0 saturated carbocycles. The molecule has 0 bridgehead atoms. The molecule has 7 heteroatoms. The van der Waals surface area contributed by atoms with Crippen molar-refractivity contribution in [3.63, 3.8) is 0 Å². The van der Waals surface area contributed by atoms with Gasteiger partial charge in [-0.25, -0.2) is 8.42 Å². The molecule has 0 spiro atoms. The second-order valence-corrected chi connectivity index (χ2v) is 6.17. The van der Waals surface area contributed by atoms with E-state index in [0.29, 0.717) is 5.56 Å². The smallest absolute Gasteiger partial charge is 0.320 e. The Hall–Kier alpha value is -1.11. The van der Waals surface area contributed by atoms with E-state index in [1.807, 2.05) is 0 Å². The monoisotopic (exact) mass is 277 g/mol. The fourth-order valence-corrected chi connectivity index (χ4v) is 2.32. The molecule has 1 unspecified atom stereocenters. The summed E-state index contributed by atoms with van der Waals surface area (Å²) in [6.07, 6.45) is 1.08. The molecule has 0 aromatic heterocycles. The summed E-state index contributed by atoms with van der Waals surface area (Å²) in [6.45, 7) is 0. The molecule has 0 aliphatic carbocycles. The van der Waals surface area contributed by atoms with Crippen molar-refractivity contribution in [2.75, 3.05) is 6.26 Å². The molecule has 0 amide bonds. The minimum absolute atomic E-state index is 0.0262. The molecule has 3 N–H and O–H groups in total. The molecule has 0 aliphatic rings. The summed E-state index contributed by atoms with van der Waals surface area (Å²) < 4.78 is 22.7. The van der Waals surface area contributed by atoms with E-state index >= 15 is 0 Å². The van der Waals surface area contributed by atoms with E-state index in [9.17, 15) is 13.2 Å². The zero-order valence-electron chi connectivity index (χ0n) is 9.05. The summed E-state index contributed by atoms with van der Waals surface area (Å²) in [4.78, 5) is 10.6. The van der Waals surface area contributed by atoms with E-state index in [-0.39, 0.29) is 16.3 Å². The SMILES string of the molecule is CS(=O)(=O)c1cc(Cl)cc(CC(N)C(=O)O)c1. The molecule has 94 valence electrons. The third-order valence-corrected chi connectivity index (χ3v) is 3.44. The first-order chi connectivity index (χ1) is 7.70. The van der Waals surface area contributed by atoms with Crippen LogP contribution in [-0.4, -0.2) is 31.8 Å². The molecule has 1 atom stereocenters. The van der Waals surface area contributed by atoms with Gasteiger partial charge in [-0.1, -0.05) is 11.6 Å². The standard InChI is InChI=1S/C10H12ClNO4S/c1-17(15,16)8-3-6(2-7(11)5-8)4-9(12)10(13)14/h2-3,5,9H,4,12H2,1H3,(H,13,14). The lowest BCUT2D eigenvalue weighted by Crippen LogP contribution is -2.32. The van der Waals surface area contributed by atoms with E-state index in [0.717, 1.165) is 6.26 Å². The highest BCUT2D eigenvalue weighted by Gasteiger charge is 2.15. The third kappa shape index (κ3) is 3.99. The predicted octanol–water partition coefficient (Wildman–Crippen LogP) is 0.698. The summed E-state index contributed by atoms with van der Waals surface area (Å²) in [5.74, 6) is -1.15. The first-order valence-corrected chi connectivity index (χ1v) is 6.95. The number of carbonyl (C=O) groups is 1. The van der Waals surface area contributed by atoms with Gasteiger partial charge in [-0.2, -0.15) is 0 Å². The van der Waals surface area contributed by atoms with Crippen LogP contribution in [0.25, 0.3) is 0 Å². The highest BCUT2D eigenvalue weighted by molar-refractivity contribution is 7.90. The molecule has 1 aromatic carbocycles. The number of rotatable bonds is 4. The van der Waals surface area contributed by atoms with Gasteiger partial charge in [0.1, 0.15) is 6.04 Å². The second kappa shape index (κ2) is 5.03. The van der Waals surface area contributed by atoms with Gasteiger partial charge in [-0.15, -0.1) is 0 Å². The zero-order valence-corrected chi connectivity index (χ0v) is 10.6. The number of hydrogen-bond donors (Lipinski definition) is 2. The maximum Gasteiger partial charge on any atom is 0.320 e. The number of carboxylic acids is 1. The van der Waals surface area contributed by atoms with Gasteiger partial charge < -0.3 is 10.8 Å². The highest BCUT2D eigenvalue weighted by atomic mass is 35.5. The average molecular weight is 278 g/mol. The molecular formula is C10H12ClNO4S. The van der Waals surface area contributed by atoms with E-state index in [1.165, 1.54) is 18.2 Å². The van der Waals surface area contributed by atoms with Gasteiger partial charge in [0.05, 0.1) is 4.90 Å². The van der Waals surface area contributed by atoms with Gasteiger partial charge in [0.15, 0.2) is 9.84 Å². The van der Waals surface area contributed by atoms with Crippen LogP contribution in [0.1, 0.15) is 5.56 Å². The first-order valence-electron chi connectivity index (χ1n) is 4.68. The Kier molecular flexibility index (Phi) is 4.13. The molecule has 17 heavy (non-hydrogen) atoms. The normalized spacial score (nSPS) is 13.4.